The molecular formula is C25H48N4O2. The minimum Gasteiger partial charge on any atom is -0.373 e. The number of amides is 1. The minimum atomic E-state index is -0.541. The number of aliphatic hydroxyl groups is 1. The van der Waals surface area contributed by atoms with Crippen molar-refractivity contribution in [2.45, 2.75) is 128 Å². The van der Waals surface area contributed by atoms with Gasteiger partial charge < -0.3 is 21.1 Å². The van der Waals surface area contributed by atoms with Crippen LogP contribution < -0.4 is 11.1 Å². The molecule has 0 aromatic rings. The highest BCUT2D eigenvalue weighted by Gasteiger charge is 2.38. The standard InChI is InChI=1S/C25H48N4O2/c1-3-5-16-25(17-6-4-2)20-22(30)29(24(26)28-25)19-13-9-12-18-27-23(31)21-14-10-7-8-11-15-21/h21-22,30H,3-20H2,1-2H3,(H2,26,28)(H,27,31). The van der Waals surface area contributed by atoms with Crippen LogP contribution in [0.3, 0.4) is 0 Å². The Morgan fingerprint density at radius 1 is 1.06 bits per heavy atom. The number of carbonyl (C=O) groups is 1. The van der Waals surface area contributed by atoms with Crippen molar-refractivity contribution >= 4 is 11.9 Å². The summed E-state index contributed by atoms with van der Waals surface area (Å²) in [6.45, 7) is 5.87. The van der Waals surface area contributed by atoms with Gasteiger partial charge in [0.1, 0.15) is 6.23 Å². The SMILES string of the molecule is CCCCC1(CCCC)CC(O)N(CCCCCNC(=O)C2CCCCCC2)C(N)=N1. The van der Waals surface area contributed by atoms with E-state index < -0.39 is 6.23 Å². The summed E-state index contributed by atoms with van der Waals surface area (Å²) in [4.78, 5) is 19.1. The fourth-order valence-corrected chi connectivity index (χ4v) is 5.15. The largest absolute Gasteiger partial charge is 0.373 e. The number of carbonyl (C=O) groups excluding carboxylic acids is 1. The van der Waals surface area contributed by atoms with Crippen molar-refractivity contribution in [2.75, 3.05) is 13.1 Å². The van der Waals surface area contributed by atoms with Crippen molar-refractivity contribution < 1.29 is 9.90 Å². The van der Waals surface area contributed by atoms with Crippen LogP contribution in [0.15, 0.2) is 4.99 Å². The highest BCUT2D eigenvalue weighted by molar-refractivity contribution is 5.79. The maximum atomic E-state index is 12.3. The minimum absolute atomic E-state index is 0.186. The molecule has 2 aliphatic rings. The van der Waals surface area contributed by atoms with Crippen LogP contribution >= 0.6 is 0 Å². The first kappa shape index (κ1) is 26.0. The van der Waals surface area contributed by atoms with Crippen LogP contribution in [-0.2, 0) is 4.79 Å². The molecule has 6 nitrogen and oxygen atoms in total. The molecule has 31 heavy (non-hydrogen) atoms. The second-order valence-corrected chi connectivity index (χ2v) is 9.82. The maximum Gasteiger partial charge on any atom is 0.223 e. The lowest BCUT2D eigenvalue weighted by Crippen LogP contribution is -2.54. The lowest BCUT2D eigenvalue weighted by molar-refractivity contribution is -0.125. The van der Waals surface area contributed by atoms with Gasteiger partial charge in [-0.05, 0) is 44.9 Å². The van der Waals surface area contributed by atoms with Gasteiger partial charge in [-0.1, -0.05) is 65.2 Å². The summed E-state index contributed by atoms with van der Waals surface area (Å²) in [6.07, 6.45) is 16.7. The zero-order valence-electron chi connectivity index (χ0n) is 20.2. The fraction of sp³-hybridized carbons (Fsp3) is 0.920. The van der Waals surface area contributed by atoms with E-state index in [4.69, 9.17) is 10.7 Å². The molecule has 1 aliphatic heterocycles. The Morgan fingerprint density at radius 2 is 1.71 bits per heavy atom. The summed E-state index contributed by atoms with van der Waals surface area (Å²) in [6, 6.07) is 0. The number of nitrogens with zero attached hydrogens (tertiary/aromatic N) is 2. The van der Waals surface area contributed by atoms with E-state index in [9.17, 15) is 9.90 Å². The van der Waals surface area contributed by atoms with Crippen molar-refractivity contribution in [1.29, 1.82) is 0 Å². The molecule has 0 saturated heterocycles. The highest BCUT2D eigenvalue weighted by Crippen LogP contribution is 2.35. The molecule has 1 heterocycles. The van der Waals surface area contributed by atoms with Crippen LogP contribution in [0.5, 0.6) is 0 Å². The summed E-state index contributed by atoms with van der Waals surface area (Å²) in [7, 11) is 0. The Hall–Kier alpha value is -1.30. The Balaban J connectivity index is 1.72. The predicted molar refractivity (Wildman–Crippen MR) is 129 cm³/mol. The zero-order valence-corrected chi connectivity index (χ0v) is 20.2. The molecule has 4 N–H and O–H groups in total. The summed E-state index contributed by atoms with van der Waals surface area (Å²) in [5, 5.41) is 14.0. The molecule has 1 aliphatic carbocycles. The number of unbranched alkanes of at least 4 members (excludes halogenated alkanes) is 4. The van der Waals surface area contributed by atoms with Gasteiger partial charge in [-0.2, -0.15) is 0 Å². The van der Waals surface area contributed by atoms with Crippen molar-refractivity contribution in [3.05, 3.63) is 0 Å². The third-order valence-corrected chi connectivity index (χ3v) is 7.16. The van der Waals surface area contributed by atoms with Gasteiger partial charge >= 0.3 is 0 Å². The van der Waals surface area contributed by atoms with Crippen LogP contribution in [0.2, 0.25) is 0 Å². The number of hydrogen-bond donors (Lipinski definition) is 3. The van der Waals surface area contributed by atoms with Crippen LogP contribution in [0.1, 0.15) is 117 Å². The third kappa shape index (κ3) is 8.63. The summed E-state index contributed by atoms with van der Waals surface area (Å²) in [5.74, 6) is 0.982. The molecule has 6 heteroatoms. The van der Waals surface area contributed by atoms with Crippen LogP contribution in [0.4, 0.5) is 0 Å². The maximum absolute atomic E-state index is 12.3. The second-order valence-electron chi connectivity index (χ2n) is 9.82. The van der Waals surface area contributed by atoms with Crippen LogP contribution in [-0.4, -0.2) is 46.7 Å². The van der Waals surface area contributed by atoms with E-state index in [2.05, 4.69) is 19.2 Å². The van der Waals surface area contributed by atoms with Crippen molar-refractivity contribution in [1.82, 2.24) is 10.2 Å². The average Bonchev–Trinajstić information content (AvgIpc) is 3.04. The van der Waals surface area contributed by atoms with Crippen LogP contribution in [0, 0.1) is 5.92 Å². The molecule has 2 rings (SSSR count). The quantitative estimate of drug-likeness (QED) is 0.288. The van der Waals surface area contributed by atoms with E-state index in [1.807, 2.05) is 4.90 Å². The van der Waals surface area contributed by atoms with E-state index >= 15 is 0 Å². The van der Waals surface area contributed by atoms with E-state index in [1.165, 1.54) is 25.7 Å². The molecule has 0 aromatic heterocycles. The van der Waals surface area contributed by atoms with Gasteiger partial charge in [0.15, 0.2) is 5.96 Å². The van der Waals surface area contributed by atoms with Gasteiger partial charge in [0.05, 0.1) is 5.54 Å². The normalized spacial score (nSPS) is 22.1. The van der Waals surface area contributed by atoms with E-state index in [0.29, 0.717) is 12.4 Å². The zero-order chi connectivity index (χ0) is 22.5. The van der Waals surface area contributed by atoms with Gasteiger partial charge in [-0.3, -0.25) is 4.79 Å². The summed E-state index contributed by atoms with van der Waals surface area (Å²) in [5.41, 5.74) is 6.14. The smallest absolute Gasteiger partial charge is 0.223 e. The monoisotopic (exact) mass is 436 g/mol. The number of nitrogens with one attached hydrogen (secondary N) is 1. The van der Waals surface area contributed by atoms with Crippen molar-refractivity contribution in [2.24, 2.45) is 16.6 Å². The number of guanidine groups is 1. The number of aliphatic imine (C=N–C) groups is 1. The Morgan fingerprint density at radius 3 is 2.29 bits per heavy atom. The Labute approximate surface area is 190 Å². The molecule has 0 bridgehead atoms. The first-order valence-electron chi connectivity index (χ1n) is 13.1. The molecule has 1 fully saturated rings. The van der Waals surface area contributed by atoms with E-state index in [1.54, 1.807) is 0 Å². The van der Waals surface area contributed by atoms with Gasteiger partial charge in [0, 0.05) is 25.4 Å². The fourth-order valence-electron chi connectivity index (χ4n) is 5.15. The van der Waals surface area contributed by atoms with Gasteiger partial charge in [0.25, 0.3) is 0 Å². The molecule has 1 unspecified atom stereocenters. The molecule has 1 amide bonds. The number of hydrogen-bond acceptors (Lipinski definition) is 5. The van der Waals surface area contributed by atoms with E-state index in [0.717, 1.165) is 83.7 Å². The molecule has 180 valence electrons. The molecule has 1 atom stereocenters. The predicted octanol–water partition coefficient (Wildman–Crippen LogP) is 4.70. The van der Waals surface area contributed by atoms with Gasteiger partial charge in [-0.25, -0.2) is 4.99 Å². The Bertz CT molecular complexity index is 536. The molecule has 1 saturated carbocycles. The summed E-state index contributed by atoms with van der Waals surface area (Å²) >= 11 is 0. The Kier molecular flexibility index (Phi) is 11.7. The molecular weight excluding hydrogens is 388 g/mol. The first-order valence-corrected chi connectivity index (χ1v) is 13.1. The lowest BCUT2D eigenvalue weighted by atomic mass is 9.83. The average molecular weight is 437 g/mol. The van der Waals surface area contributed by atoms with Crippen molar-refractivity contribution in [3.8, 4) is 0 Å². The van der Waals surface area contributed by atoms with E-state index in [-0.39, 0.29) is 17.4 Å². The summed E-state index contributed by atoms with van der Waals surface area (Å²) < 4.78 is 0. The second kappa shape index (κ2) is 14.0. The highest BCUT2D eigenvalue weighted by atomic mass is 16.3. The lowest BCUT2D eigenvalue weighted by Gasteiger charge is -2.42. The molecule has 0 radical (unpaired) electrons. The third-order valence-electron chi connectivity index (χ3n) is 7.16. The first-order chi connectivity index (χ1) is 15.0. The molecule has 0 spiro atoms. The topological polar surface area (TPSA) is 91.0 Å². The number of nitrogens with two attached hydrogens (primary N) is 1. The molecule has 0 aromatic carbocycles. The van der Waals surface area contributed by atoms with Crippen LogP contribution in [0.25, 0.3) is 0 Å². The van der Waals surface area contributed by atoms with Gasteiger partial charge in [0.2, 0.25) is 5.91 Å². The number of aliphatic hydroxyl groups excluding tert-OH is 1. The van der Waals surface area contributed by atoms with Gasteiger partial charge in [-0.15, -0.1) is 0 Å². The van der Waals surface area contributed by atoms with Crippen molar-refractivity contribution in [3.63, 3.8) is 0 Å². The number of rotatable bonds is 13.